The van der Waals surface area contributed by atoms with Crippen molar-refractivity contribution in [1.29, 1.82) is 0 Å². The maximum Gasteiger partial charge on any atom is 0.335 e. The van der Waals surface area contributed by atoms with E-state index in [0.717, 1.165) is 22.5 Å². The van der Waals surface area contributed by atoms with Crippen LogP contribution in [0.15, 0.2) is 60.7 Å². The number of hydrogen-bond donors (Lipinski definition) is 3. The number of benzene rings is 3. The van der Waals surface area contributed by atoms with Gasteiger partial charge in [-0.25, -0.2) is 9.59 Å². The van der Waals surface area contributed by atoms with Gasteiger partial charge < -0.3 is 20.3 Å². The lowest BCUT2D eigenvalue weighted by molar-refractivity contribution is -0.138. The van der Waals surface area contributed by atoms with E-state index in [1.165, 1.54) is 19.2 Å². The molecule has 158 valence electrons. The van der Waals surface area contributed by atoms with E-state index in [4.69, 9.17) is 10.2 Å². The van der Waals surface area contributed by atoms with Gasteiger partial charge in [-0.3, -0.25) is 4.79 Å². The number of anilines is 1. The molecule has 0 aliphatic heterocycles. The van der Waals surface area contributed by atoms with Crippen molar-refractivity contribution in [2.75, 3.05) is 19.0 Å². The number of halogens is 1. The molecule has 0 amide bonds. The average molecular weight is 432 g/mol. The van der Waals surface area contributed by atoms with E-state index in [-0.39, 0.29) is 36.0 Å². The minimum Gasteiger partial charge on any atom is -0.478 e. The molecule has 0 radical (unpaired) electrons. The van der Waals surface area contributed by atoms with Crippen molar-refractivity contribution < 1.29 is 29.3 Å². The summed E-state index contributed by atoms with van der Waals surface area (Å²) in [7, 11) is 1.38. The average Bonchev–Trinajstić information content (AvgIpc) is 2.72. The van der Waals surface area contributed by atoms with Gasteiger partial charge in [0.15, 0.2) is 0 Å². The summed E-state index contributed by atoms with van der Waals surface area (Å²) in [6.07, 6.45) is 0. The zero-order chi connectivity index (χ0) is 21.4. The Morgan fingerprint density at radius 2 is 1.60 bits per heavy atom. The van der Waals surface area contributed by atoms with Crippen molar-refractivity contribution >= 4 is 46.8 Å². The Hall–Kier alpha value is -3.58. The van der Waals surface area contributed by atoms with Crippen LogP contribution in [0.25, 0.3) is 10.8 Å². The minimum absolute atomic E-state index is 0. The van der Waals surface area contributed by atoms with E-state index in [0.29, 0.717) is 5.56 Å². The number of fused-ring (bicyclic) bond motifs is 1. The highest BCUT2D eigenvalue weighted by molar-refractivity contribution is 5.95. The smallest absolute Gasteiger partial charge is 0.335 e. The topological polar surface area (TPSA) is 113 Å². The molecule has 3 aromatic carbocycles. The number of aromatic carboxylic acids is 2. The SMILES string of the molecule is COC(=O)CNc1cccc2ccccc12.Cc1ccc(C(=O)O)cc1C(=O)O.Cl. The third kappa shape index (κ3) is 6.49. The molecule has 0 heterocycles. The molecule has 0 saturated heterocycles. The van der Waals surface area contributed by atoms with Gasteiger partial charge in [0, 0.05) is 11.1 Å². The molecular formula is C22H22ClNO6. The first-order valence-electron chi connectivity index (χ1n) is 8.69. The second-order valence-corrected chi connectivity index (χ2v) is 6.10. The van der Waals surface area contributed by atoms with Crippen LogP contribution in [0.5, 0.6) is 0 Å². The first-order valence-corrected chi connectivity index (χ1v) is 8.69. The molecule has 3 aromatic rings. The lowest BCUT2D eigenvalue weighted by atomic mass is 10.1. The van der Waals surface area contributed by atoms with Crippen molar-refractivity contribution in [3.63, 3.8) is 0 Å². The largest absolute Gasteiger partial charge is 0.478 e. The number of methoxy groups -OCH3 is 1. The van der Waals surface area contributed by atoms with Crippen LogP contribution in [-0.4, -0.2) is 41.8 Å². The van der Waals surface area contributed by atoms with E-state index in [1.54, 1.807) is 6.92 Å². The van der Waals surface area contributed by atoms with Gasteiger partial charge in [-0.05, 0) is 36.1 Å². The van der Waals surface area contributed by atoms with Gasteiger partial charge in [0.05, 0.1) is 18.2 Å². The highest BCUT2D eigenvalue weighted by atomic mass is 35.5. The van der Waals surface area contributed by atoms with Crippen molar-refractivity contribution in [1.82, 2.24) is 0 Å². The van der Waals surface area contributed by atoms with Crippen LogP contribution in [0.3, 0.4) is 0 Å². The zero-order valence-electron chi connectivity index (χ0n) is 16.4. The quantitative estimate of drug-likeness (QED) is 0.518. The molecule has 3 N–H and O–H groups in total. The van der Waals surface area contributed by atoms with Crippen LogP contribution in [0, 0.1) is 6.92 Å². The molecule has 0 aromatic heterocycles. The Labute approximate surface area is 179 Å². The second-order valence-electron chi connectivity index (χ2n) is 6.10. The molecule has 0 atom stereocenters. The van der Waals surface area contributed by atoms with Crippen LogP contribution < -0.4 is 5.32 Å². The van der Waals surface area contributed by atoms with Crippen LogP contribution >= 0.6 is 12.4 Å². The lowest BCUT2D eigenvalue weighted by Crippen LogP contribution is -2.14. The first kappa shape index (κ1) is 24.5. The number of esters is 1. The standard InChI is InChI=1S/C13H13NO2.C9H8O4.ClH/c1-16-13(15)9-14-12-8-4-6-10-5-2-3-7-11(10)12;1-5-2-3-6(8(10)11)4-7(5)9(12)13;/h2-8,14H,9H2,1H3;2-4H,1H3,(H,10,11)(H,12,13);1H. The summed E-state index contributed by atoms with van der Waals surface area (Å²) >= 11 is 0. The van der Waals surface area contributed by atoms with Crippen LogP contribution in [0.4, 0.5) is 5.69 Å². The highest BCUT2D eigenvalue weighted by Crippen LogP contribution is 2.22. The van der Waals surface area contributed by atoms with Crippen LogP contribution in [0.2, 0.25) is 0 Å². The summed E-state index contributed by atoms with van der Waals surface area (Å²) in [5.74, 6) is -2.50. The summed E-state index contributed by atoms with van der Waals surface area (Å²) in [5.41, 5.74) is 1.52. The Balaban J connectivity index is 0.000000297. The summed E-state index contributed by atoms with van der Waals surface area (Å²) in [4.78, 5) is 32.1. The summed E-state index contributed by atoms with van der Waals surface area (Å²) < 4.78 is 4.58. The number of ether oxygens (including phenoxy) is 1. The van der Waals surface area contributed by atoms with Crippen molar-refractivity contribution in [3.8, 4) is 0 Å². The molecule has 7 nitrogen and oxygen atoms in total. The molecule has 0 unspecified atom stereocenters. The summed E-state index contributed by atoms with van der Waals surface area (Å²) in [6, 6.07) is 18.0. The fraction of sp³-hybridized carbons (Fsp3) is 0.136. The Morgan fingerprint density at radius 1 is 0.933 bits per heavy atom. The molecule has 8 heteroatoms. The van der Waals surface area contributed by atoms with Crippen LogP contribution in [-0.2, 0) is 9.53 Å². The fourth-order valence-electron chi connectivity index (χ4n) is 2.60. The Kier molecular flexibility index (Phi) is 9.32. The number of rotatable bonds is 5. The lowest BCUT2D eigenvalue weighted by Gasteiger charge is -2.08. The predicted octanol–water partition coefficient (Wildman–Crippen LogP) is 4.24. The van der Waals surface area contributed by atoms with E-state index >= 15 is 0 Å². The number of aryl methyl sites for hydroxylation is 1. The maximum absolute atomic E-state index is 11.0. The molecular weight excluding hydrogens is 410 g/mol. The third-order valence-electron chi connectivity index (χ3n) is 4.16. The van der Waals surface area contributed by atoms with E-state index in [1.807, 2.05) is 42.5 Å². The van der Waals surface area contributed by atoms with Gasteiger partial charge in [-0.2, -0.15) is 0 Å². The van der Waals surface area contributed by atoms with Gasteiger partial charge in [0.1, 0.15) is 6.54 Å². The van der Waals surface area contributed by atoms with Gasteiger partial charge in [0.25, 0.3) is 0 Å². The van der Waals surface area contributed by atoms with Gasteiger partial charge in [0.2, 0.25) is 0 Å². The number of carboxylic acid groups (broad SMARTS) is 2. The maximum atomic E-state index is 11.0. The number of carbonyl (C=O) groups excluding carboxylic acids is 1. The van der Waals surface area contributed by atoms with E-state index < -0.39 is 11.9 Å². The summed E-state index contributed by atoms with van der Waals surface area (Å²) in [6.45, 7) is 1.81. The molecule has 0 fully saturated rings. The molecule has 0 aliphatic carbocycles. The van der Waals surface area contributed by atoms with Crippen molar-refractivity contribution in [2.45, 2.75) is 6.92 Å². The Bertz CT molecular complexity index is 1050. The van der Waals surface area contributed by atoms with Gasteiger partial charge >= 0.3 is 17.9 Å². The van der Waals surface area contributed by atoms with E-state index in [2.05, 4.69) is 10.1 Å². The fourth-order valence-corrected chi connectivity index (χ4v) is 2.60. The number of hydrogen-bond acceptors (Lipinski definition) is 5. The molecule has 0 saturated carbocycles. The van der Waals surface area contributed by atoms with Crippen LogP contribution in [0.1, 0.15) is 26.3 Å². The molecule has 3 rings (SSSR count). The number of carboxylic acids is 2. The molecule has 0 aliphatic rings. The second kappa shape index (κ2) is 11.4. The number of nitrogens with one attached hydrogen (secondary N) is 1. The third-order valence-corrected chi connectivity index (χ3v) is 4.16. The highest BCUT2D eigenvalue weighted by Gasteiger charge is 2.10. The number of carbonyl (C=O) groups is 3. The Morgan fingerprint density at radius 3 is 2.23 bits per heavy atom. The summed E-state index contributed by atoms with van der Waals surface area (Å²) in [5, 5.41) is 22.6. The zero-order valence-corrected chi connectivity index (χ0v) is 17.2. The monoisotopic (exact) mass is 431 g/mol. The predicted molar refractivity (Wildman–Crippen MR) is 117 cm³/mol. The molecule has 0 bridgehead atoms. The first-order chi connectivity index (χ1) is 13.8. The minimum atomic E-state index is -1.12. The normalized spacial score (nSPS) is 9.53. The molecule has 0 spiro atoms. The molecule has 30 heavy (non-hydrogen) atoms. The van der Waals surface area contributed by atoms with Crippen molar-refractivity contribution in [2.24, 2.45) is 0 Å². The van der Waals surface area contributed by atoms with Gasteiger partial charge in [-0.1, -0.05) is 42.5 Å². The van der Waals surface area contributed by atoms with Crippen molar-refractivity contribution in [3.05, 3.63) is 77.4 Å². The van der Waals surface area contributed by atoms with E-state index in [9.17, 15) is 14.4 Å². The van der Waals surface area contributed by atoms with Gasteiger partial charge in [-0.15, -0.1) is 12.4 Å².